The summed E-state index contributed by atoms with van der Waals surface area (Å²) in [6, 6.07) is 1.09. The van der Waals surface area contributed by atoms with E-state index in [1.807, 2.05) is 0 Å². The number of piperazine rings is 1. The Hall–Kier alpha value is -0.160. The van der Waals surface area contributed by atoms with Crippen LogP contribution in [-0.2, 0) is 0 Å². The van der Waals surface area contributed by atoms with Gasteiger partial charge in [0.25, 0.3) is 0 Å². The second-order valence-corrected chi connectivity index (χ2v) is 9.75. The molecule has 4 heteroatoms. The van der Waals surface area contributed by atoms with Crippen molar-refractivity contribution in [2.75, 3.05) is 32.8 Å². The van der Waals surface area contributed by atoms with Gasteiger partial charge >= 0.3 is 0 Å². The summed E-state index contributed by atoms with van der Waals surface area (Å²) in [6.45, 7) is 11.4. The Labute approximate surface area is 148 Å². The maximum Gasteiger partial charge on any atom is 0.0774 e. The predicted octanol–water partition coefficient (Wildman–Crippen LogP) is 2.48. The van der Waals surface area contributed by atoms with Crippen LogP contribution in [0.15, 0.2) is 0 Å². The molecule has 140 valence electrons. The third-order valence-corrected chi connectivity index (χ3v) is 7.01. The standard InChI is InChI=1S/C20H38N2O2/c1-19(2,3)16-6-9-20(24,10-7-16)15-22-14-17-5-4-11-21(17)13-18(22)8-12-23/h16-18,23-24H,4-15H2,1-3H3/t16?,17-,18+,20?/m0/s1. The first kappa shape index (κ1) is 18.6. The molecule has 2 heterocycles. The van der Waals surface area contributed by atoms with E-state index in [1.54, 1.807) is 0 Å². The van der Waals surface area contributed by atoms with Gasteiger partial charge in [0.2, 0.25) is 0 Å². The van der Waals surface area contributed by atoms with E-state index in [1.165, 1.54) is 19.4 Å². The Morgan fingerprint density at radius 1 is 1.08 bits per heavy atom. The zero-order valence-corrected chi connectivity index (χ0v) is 16.0. The Balaban J connectivity index is 1.60. The summed E-state index contributed by atoms with van der Waals surface area (Å²) in [5.74, 6) is 0.734. The zero-order chi connectivity index (χ0) is 17.4. The Kier molecular flexibility index (Phi) is 5.60. The summed E-state index contributed by atoms with van der Waals surface area (Å²) in [5.41, 5.74) is -0.160. The van der Waals surface area contributed by atoms with Crippen LogP contribution in [0.4, 0.5) is 0 Å². The summed E-state index contributed by atoms with van der Waals surface area (Å²) in [6.07, 6.45) is 7.61. The first-order valence-electron chi connectivity index (χ1n) is 10.1. The second kappa shape index (κ2) is 7.22. The number of nitrogens with zero attached hydrogens (tertiary/aromatic N) is 2. The molecule has 3 rings (SSSR count). The maximum absolute atomic E-state index is 11.2. The Morgan fingerprint density at radius 3 is 2.42 bits per heavy atom. The Bertz CT molecular complexity index is 412. The van der Waals surface area contributed by atoms with E-state index in [0.29, 0.717) is 17.5 Å². The normalized spacial score (nSPS) is 39.1. The minimum Gasteiger partial charge on any atom is -0.396 e. The summed E-state index contributed by atoms with van der Waals surface area (Å²) >= 11 is 0. The van der Waals surface area contributed by atoms with Gasteiger partial charge in [-0.1, -0.05) is 20.8 Å². The van der Waals surface area contributed by atoms with Gasteiger partial charge in [-0.3, -0.25) is 9.80 Å². The van der Waals surface area contributed by atoms with Gasteiger partial charge in [-0.15, -0.1) is 0 Å². The summed E-state index contributed by atoms with van der Waals surface area (Å²) in [5, 5.41) is 20.7. The molecule has 1 aliphatic carbocycles. The van der Waals surface area contributed by atoms with Gasteiger partial charge in [0, 0.05) is 38.3 Å². The second-order valence-electron chi connectivity index (χ2n) is 9.75. The van der Waals surface area contributed by atoms with Gasteiger partial charge < -0.3 is 10.2 Å². The lowest BCUT2D eigenvalue weighted by atomic mass is 9.68. The fourth-order valence-corrected chi connectivity index (χ4v) is 5.32. The molecule has 0 amide bonds. The van der Waals surface area contributed by atoms with E-state index in [-0.39, 0.29) is 6.61 Å². The number of β-amino-alcohol motifs (C(OH)–C–C–N with tert-alkyl or cyclic N) is 1. The van der Waals surface area contributed by atoms with Crippen molar-refractivity contribution in [3.8, 4) is 0 Å². The maximum atomic E-state index is 11.2. The molecule has 2 atom stereocenters. The number of aliphatic hydroxyl groups is 2. The van der Waals surface area contributed by atoms with Crippen molar-refractivity contribution in [3.05, 3.63) is 0 Å². The molecule has 0 unspecified atom stereocenters. The molecule has 0 radical (unpaired) electrons. The molecular weight excluding hydrogens is 300 g/mol. The quantitative estimate of drug-likeness (QED) is 0.827. The van der Waals surface area contributed by atoms with Crippen molar-refractivity contribution in [2.45, 2.75) is 83.4 Å². The first-order valence-corrected chi connectivity index (χ1v) is 10.1. The minimum absolute atomic E-state index is 0.254. The van der Waals surface area contributed by atoms with Crippen LogP contribution in [0, 0.1) is 11.3 Å². The molecule has 2 saturated heterocycles. The third-order valence-electron chi connectivity index (χ3n) is 7.01. The first-order chi connectivity index (χ1) is 11.3. The molecule has 0 aromatic heterocycles. The minimum atomic E-state index is -0.518. The highest BCUT2D eigenvalue weighted by Crippen LogP contribution is 2.42. The van der Waals surface area contributed by atoms with Crippen LogP contribution in [0.1, 0.15) is 65.7 Å². The van der Waals surface area contributed by atoms with Crippen molar-refractivity contribution in [1.82, 2.24) is 9.80 Å². The molecule has 3 aliphatic rings. The molecular formula is C20H38N2O2. The van der Waals surface area contributed by atoms with Crippen LogP contribution in [0.5, 0.6) is 0 Å². The highest BCUT2D eigenvalue weighted by atomic mass is 16.3. The van der Waals surface area contributed by atoms with Gasteiger partial charge in [0.15, 0.2) is 0 Å². The summed E-state index contributed by atoms with van der Waals surface area (Å²) in [7, 11) is 0. The zero-order valence-electron chi connectivity index (χ0n) is 16.0. The van der Waals surface area contributed by atoms with Crippen molar-refractivity contribution < 1.29 is 10.2 Å². The number of rotatable bonds is 4. The average Bonchev–Trinajstić information content (AvgIpc) is 2.94. The highest BCUT2D eigenvalue weighted by Gasteiger charge is 2.42. The molecule has 0 aromatic rings. The van der Waals surface area contributed by atoms with Gasteiger partial charge in [-0.2, -0.15) is 0 Å². The van der Waals surface area contributed by atoms with E-state index in [9.17, 15) is 10.2 Å². The van der Waals surface area contributed by atoms with Crippen LogP contribution >= 0.6 is 0 Å². The molecule has 4 nitrogen and oxygen atoms in total. The van der Waals surface area contributed by atoms with Crippen LogP contribution in [0.25, 0.3) is 0 Å². The molecule has 2 N–H and O–H groups in total. The van der Waals surface area contributed by atoms with E-state index in [0.717, 1.165) is 57.7 Å². The molecule has 0 spiro atoms. The monoisotopic (exact) mass is 338 g/mol. The SMILES string of the molecule is CC(C)(C)C1CCC(O)(CN2C[C@@H]3CCCN3C[C@H]2CCO)CC1. The Morgan fingerprint density at radius 2 is 1.79 bits per heavy atom. The molecule has 24 heavy (non-hydrogen) atoms. The molecule has 3 fully saturated rings. The fraction of sp³-hybridized carbons (Fsp3) is 1.00. The molecule has 0 aromatic carbocycles. The van der Waals surface area contributed by atoms with E-state index in [2.05, 4.69) is 30.6 Å². The van der Waals surface area contributed by atoms with Gasteiger partial charge in [0.05, 0.1) is 5.60 Å². The molecule has 0 bridgehead atoms. The van der Waals surface area contributed by atoms with E-state index < -0.39 is 5.60 Å². The number of hydrogen-bond acceptors (Lipinski definition) is 4. The lowest BCUT2D eigenvalue weighted by Crippen LogP contribution is -2.60. The highest BCUT2D eigenvalue weighted by molar-refractivity contribution is 4.97. The predicted molar refractivity (Wildman–Crippen MR) is 98.0 cm³/mol. The van der Waals surface area contributed by atoms with E-state index >= 15 is 0 Å². The van der Waals surface area contributed by atoms with Crippen LogP contribution < -0.4 is 0 Å². The smallest absolute Gasteiger partial charge is 0.0774 e. The van der Waals surface area contributed by atoms with Crippen molar-refractivity contribution in [2.24, 2.45) is 11.3 Å². The largest absolute Gasteiger partial charge is 0.396 e. The van der Waals surface area contributed by atoms with Crippen LogP contribution in [0.2, 0.25) is 0 Å². The van der Waals surface area contributed by atoms with Crippen LogP contribution in [0.3, 0.4) is 0 Å². The van der Waals surface area contributed by atoms with Gasteiger partial charge in [-0.25, -0.2) is 0 Å². The average molecular weight is 339 g/mol. The third kappa shape index (κ3) is 4.14. The topological polar surface area (TPSA) is 46.9 Å². The van der Waals surface area contributed by atoms with Gasteiger partial charge in [-0.05, 0) is 62.8 Å². The molecule has 2 aliphatic heterocycles. The number of aliphatic hydroxyl groups excluding tert-OH is 1. The molecule has 1 saturated carbocycles. The van der Waals surface area contributed by atoms with Crippen molar-refractivity contribution >= 4 is 0 Å². The van der Waals surface area contributed by atoms with Crippen LogP contribution in [-0.4, -0.2) is 70.5 Å². The number of hydrogen-bond donors (Lipinski definition) is 2. The number of fused-ring (bicyclic) bond motifs is 1. The van der Waals surface area contributed by atoms with Gasteiger partial charge in [0.1, 0.15) is 0 Å². The summed E-state index contributed by atoms with van der Waals surface area (Å²) < 4.78 is 0. The van der Waals surface area contributed by atoms with Crippen molar-refractivity contribution in [3.63, 3.8) is 0 Å². The van der Waals surface area contributed by atoms with E-state index in [4.69, 9.17) is 0 Å². The summed E-state index contributed by atoms with van der Waals surface area (Å²) in [4.78, 5) is 5.12. The lowest BCUT2D eigenvalue weighted by molar-refractivity contribution is -0.0740. The fourth-order valence-electron chi connectivity index (χ4n) is 5.32. The lowest BCUT2D eigenvalue weighted by Gasteiger charge is -2.48. The van der Waals surface area contributed by atoms with Crippen molar-refractivity contribution in [1.29, 1.82) is 0 Å².